The Kier molecular flexibility index (Phi) is 5.61. The summed E-state index contributed by atoms with van der Waals surface area (Å²) in [6.45, 7) is 0.623. The topological polar surface area (TPSA) is 51.2 Å². The van der Waals surface area contributed by atoms with Crippen LogP contribution in [0.4, 0.5) is 0 Å². The number of methoxy groups -OCH3 is 1. The number of carbonyl (C=O) groups is 1. The molecule has 1 N–H and O–H groups in total. The molecule has 0 saturated heterocycles. The van der Waals surface area contributed by atoms with Crippen molar-refractivity contribution in [2.24, 2.45) is 0 Å². The largest absolute Gasteiger partial charge is 0.497 e. The Morgan fingerprint density at radius 3 is 2.75 bits per heavy atom. The maximum Gasteiger partial charge on any atom is 0.225 e. The molecule has 2 aromatic heterocycles. The van der Waals surface area contributed by atoms with Crippen LogP contribution in [0.25, 0.3) is 10.6 Å². The Labute approximate surface area is 149 Å². The number of ether oxygens (including phenoxy) is 1. The third-order valence-electron chi connectivity index (χ3n) is 3.61. The van der Waals surface area contributed by atoms with Gasteiger partial charge in [0.15, 0.2) is 0 Å². The highest BCUT2D eigenvalue weighted by molar-refractivity contribution is 7.14. The molecule has 0 aliphatic carbocycles. The van der Waals surface area contributed by atoms with Crippen molar-refractivity contribution in [1.82, 2.24) is 10.3 Å². The number of nitrogens with one attached hydrogen (secondary N) is 1. The van der Waals surface area contributed by atoms with Crippen molar-refractivity contribution < 1.29 is 9.53 Å². The van der Waals surface area contributed by atoms with Crippen molar-refractivity contribution in [1.29, 1.82) is 0 Å². The fraction of sp³-hybridized carbons (Fsp3) is 0.222. The van der Waals surface area contributed by atoms with Gasteiger partial charge in [-0.3, -0.25) is 4.79 Å². The van der Waals surface area contributed by atoms with Crippen LogP contribution in [0, 0.1) is 0 Å². The molecule has 0 saturated carbocycles. The molecule has 0 fully saturated rings. The molecular weight excluding hydrogens is 340 g/mol. The molecule has 124 valence electrons. The highest BCUT2D eigenvalue weighted by atomic mass is 32.1. The Hall–Kier alpha value is -2.18. The van der Waals surface area contributed by atoms with E-state index in [1.54, 1.807) is 24.0 Å². The van der Waals surface area contributed by atoms with Gasteiger partial charge in [-0.25, -0.2) is 4.98 Å². The van der Waals surface area contributed by atoms with Gasteiger partial charge < -0.3 is 10.1 Å². The first-order valence-electron chi connectivity index (χ1n) is 7.62. The number of hydrogen-bond acceptors (Lipinski definition) is 5. The van der Waals surface area contributed by atoms with Crippen molar-refractivity contribution in [3.8, 4) is 16.3 Å². The van der Waals surface area contributed by atoms with Crippen LogP contribution in [0.5, 0.6) is 5.75 Å². The molecular formula is C18H18N2O2S2. The molecule has 0 atom stereocenters. The third kappa shape index (κ3) is 4.21. The summed E-state index contributed by atoms with van der Waals surface area (Å²) in [7, 11) is 1.65. The second-order valence-corrected chi connectivity index (χ2v) is 7.11. The molecule has 3 rings (SSSR count). The van der Waals surface area contributed by atoms with E-state index in [0.29, 0.717) is 13.0 Å². The summed E-state index contributed by atoms with van der Waals surface area (Å²) in [6, 6.07) is 11.9. The summed E-state index contributed by atoms with van der Waals surface area (Å²) in [6.07, 6.45) is 1.18. The van der Waals surface area contributed by atoms with Crippen LogP contribution in [-0.4, -0.2) is 24.5 Å². The van der Waals surface area contributed by atoms with E-state index in [1.807, 2.05) is 41.8 Å². The first-order valence-corrected chi connectivity index (χ1v) is 9.38. The second kappa shape index (κ2) is 8.08. The predicted octanol–water partition coefficient (Wildman–Crippen LogP) is 3.78. The van der Waals surface area contributed by atoms with Crippen molar-refractivity contribution in [3.63, 3.8) is 0 Å². The lowest BCUT2D eigenvalue weighted by molar-refractivity contribution is -0.120. The summed E-state index contributed by atoms with van der Waals surface area (Å²) in [5.41, 5.74) is 3.91. The van der Waals surface area contributed by atoms with Gasteiger partial charge in [-0.05, 0) is 35.6 Å². The minimum atomic E-state index is 0.0329. The number of benzene rings is 1. The molecule has 0 unspecified atom stereocenters. The van der Waals surface area contributed by atoms with Gasteiger partial charge >= 0.3 is 0 Å². The lowest BCUT2D eigenvalue weighted by Crippen LogP contribution is -2.27. The summed E-state index contributed by atoms with van der Waals surface area (Å²) >= 11 is 3.17. The van der Waals surface area contributed by atoms with Crippen LogP contribution in [0.15, 0.2) is 47.3 Å². The summed E-state index contributed by atoms with van der Waals surface area (Å²) < 4.78 is 5.14. The molecule has 2 heterocycles. The predicted molar refractivity (Wildman–Crippen MR) is 98.8 cm³/mol. The standard InChI is InChI=1S/C18H18N2O2S2/c1-22-14-6-4-13(5-7-14)8-9-19-17(21)11-16-18(20-12-24-16)15-3-2-10-23-15/h2-7,10,12H,8-9,11H2,1H3,(H,19,21). The van der Waals surface area contributed by atoms with Crippen molar-refractivity contribution >= 4 is 28.6 Å². The maximum atomic E-state index is 12.2. The van der Waals surface area contributed by atoms with Gasteiger partial charge in [-0.1, -0.05) is 18.2 Å². The summed E-state index contributed by atoms with van der Waals surface area (Å²) in [5.74, 6) is 0.875. The molecule has 0 aliphatic rings. The van der Waals surface area contributed by atoms with Gasteiger partial charge in [-0.15, -0.1) is 22.7 Å². The zero-order valence-corrected chi connectivity index (χ0v) is 15.0. The Bertz CT molecular complexity index is 780. The van der Waals surface area contributed by atoms with Gasteiger partial charge in [0.05, 0.1) is 29.6 Å². The first-order chi connectivity index (χ1) is 11.8. The fourth-order valence-electron chi connectivity index (χ4n) is 2.36. The molecule has 3 aromatic rings. The minimum Gasteiger partial charge on any atom is -0.497 e. The number of nitrogens with zero attached hydrogens (tertiary/aromatic N) is 1. The third-order valence-corrected chi connectivity index (χ3v) is 5.32. The van der Waals surface area contributed by atoms with Crippen LogP contribution in [0.3, 0.4) is 0 Å². The van der Waals surface area contributed by atoms with Crippen LogP contribution in [0.2, 0.25) is 0 Å². The number of thiazole rings is 1. The monoisotopic (exact) mass is 358 g/mol. The smallest absolute Gasteiger partial charge is 0.225 e. The lowest BCUT2D eigenvalue weighted by atomic mass is 10.1. The molecule has 0 bridgehead atoms. The number of aromatic nitrogens is 1. The molecule has 0 aliphatic heterocycles. The van der Waals surface area contributed by atoms with Gasteiger partial charge in [0.1, 0.15) is 5.75 Å². The molecule has 4 nitrogen and oxygen atoms in total. The van der Waals surface area contributed by atoms with E-state index in [2.05, 4.69) is 10.3 Å². The van der Waals surface area contributed by atoms with Crippen molar-refractivity contribution in [2.75, 3.05) is 13.7 Å². The fourth-order valence-corrected chi connectivity index (χ4v) is 3.94. The number of thiophene rings is 1. The van der Waals surface area contributed by atoms with Gasteiger partial charge in [0.2, 0.25) is 5.91 Å². The first kappa shape index (κ1) is 16.7. The van der Waals surface area contributed by atoms with E-state index in [-0.39, 0.29) is 5.91 Å². The van der Waals surface area contributed by atoms with Crippen molar-refractivity contribution in [3.05, 3.63) is 57.7 Å². The van der Waals surface area contributed by atoms with Crippen LogP contribution in [0.1, 0.15) is 10.4 Å². The summed E-state index contributed by atoms with van der Waals surface area (Å²) in [5, 5.41) is 5.00. The van der Waals surface area contributed by atoms with Gasteiger partial charge in [-0.2, -0.15) is 0 Å². The second-order valence-electron chi connectivity index (χ2n) is 5.23. The average molecular weight is 358 g/mol. The zero-order valence-electron chi connectivity index (χ0n) is 13.3. The zero-order chi connectivity index (χ0) is 16.8. The normalized spacial score (nSPS) is 10.5. The minimum absolute atomic E-state index is 0.0329. The van der Waals surface area contributed by atoms with Crippen LogP contribution < -0.4 is 10.1 Å². The molecule has 1 amide bonds. The molecule has 1 aromatic carbocycles. The SMILES string of the molecule is COc1ccc(CCNC(=O)Cc2scnc2-c2cccs2)cc1. The Morgan fingerprint density at radius 1 is 1.21 bits per heavy atom. The molecule has 24 heavy (non-hydrogen) atoms. The molecule has 0 radical (unpaired) electrons. The maximum absolute atomic E-state index is 12.2. The summed E-state index contributed by atoms with van der Waals surface area (Å²) in [4.78, 5) is 18.7. The van der Waals surface area contributed by atoms with E-state index >= 15 is 0 Å². The van der Waals surface area contributed by atoms with E-state index in [4.69, 9.17) is 4.74 Å². The molecule has 6 heteroatoms. The van der Waals surface area contributed by atoms with Crippen LogP contribution >= 0.6 is 22.7 Å². The number of hydrogen-bond donors (Lipinski definition) is 1. The van der Waals surface area contributed by atoms with Gasteiger partial charge in [0, 0.05) is 11.4 Å². The number of rotatable bonds is 7. The highest BCUT2D eigenvalue weighted by Crippen LogP contribution is 2.29. The molecule has 0 spiro atoms. The van der Waals surface area contributed by atoms with Gasteiger partial charge in [0.25, 0.3) is 0 Å². The highest BCUT2D eigenvalue weighted by Gasteiger charge is 2.13. The van der Waals surface area contributed by atoms with E-state index in [1.165, 1.54) is 16.9 Å². The quantitative estimate of drug-likeness (QED) is 0.699. The van der Waals surface area contributed by atoms with Crippen LogP contribution in [-0.2, 0) is 17.6 Å². The Balaban J connectivity index is 1.50. The average Bonchev–Trinajstić information content (AvgIpc) is 3.26. The number of carbonyl (C=O) groups excluding carboxylic acids is 1. The Morgan fingerprint density at radius 2 is 2.04 bits per heavy atom. The lowest BCUT2D eigenvalue weighted by Gasteiger charge is -2.06. The number of amides is 1. The van der Waals surface area contributed by atoms with E-state index in [9.17, 15) is 4.79 Å². The van der Waals surface area contributed by atoms with E-state index < -0.39 is 0 Å². The van der Waals surface area contributed by atoms with Crippen molar-refractivity contribution in [2.45, 2.75) is 12.8 Å². The van der Waals surface area contributed by atoms with E-state index in [0.717, 1.165) is 27.6 Å².